The average Bonchev–Trinajstić information content (AvgIpc) is 3.10. The van der Waals surface area contributed by atoms with Crippen molar-refractivity contribution in [3.63, 3.8) is 0 Å². The number of nitrogens with zero attached hydrogens (tertiary/aromatic N) is 2. The van der Waals surface area contributed by atoms with E-state index < -0.39 is 10.0 Å². The van der Waals surface area contributed by atoms with E-state index in [1.165, 1.54) is 0 Å². The van der Waals surface area contributed by atoms with Gasteiger partial charge in [0.2, 0.25) is 15.9 Å². The van der Waals surface area contributed by atoms with Crippen LogP contribution in [0.4, 0.5) is 0 Å². The third-order valence-corrected chi connectivity index (χ3v) is 8.08. The fourth-order valence-electron chi connectivity index (χ4n) is 4.55. The summed E-state index contributed by atoms with van der Waals surface area (Å²) in [6.07, 6.45) is 6.89. The maximum Gasteiger partial charge on any atom is 0.222 e. The Morgan fingerprint density at radius 3 is 2.48 bits per heavy atom. The average molecular weight is 373 g/mol. The Morgan fingerprint density at radius 2 is 1.84 bits per heavy atom. The summed E-state index contributed by atoms with van der Waals surface area (Å²) in [5.41, 5.74) is -0.216. The van der Waals surface area contributed by atoms with Crippen LogP contribution in [0, 0.1) is 5.92 Å². The minimum absolute atomic E-state index is 0.216. The Hall–Kier alpha value is -0.660. The molecule has 6 nitrogen and oxygen atoms in total. The lowest BCUT2D eigenvalue weighted by molar-refractivity contribution is -0.139. The molecule has 0 radical (unpaired) electrons. The van der Waals surface area contributed by atoms with E-state index in [0.29, 0.717) is 44.4 Å². The van der Waals surface area contributed by atoms with Crippen LogP contribution in [0.15, 0.2) is 0 Å². The van der Waals surface area contributed by atoms with Gasteiger partial charge in [-0.2, -0.15) is 0 Å². The van der Waals surface area contributed by atoms with Gasteiger partial charge in [0.05, 0.1) is 11.4 Å². The number of likely N-dealkylation sites (tertiary alicyclic amines) is 1. The predicted molar refractivity (Wildman–Crippen MR) is 96.7 cm³/mol. The van der Waals surface area contributed by atoms with Crippen molar-refractivity contribution in [3.8, 4) is 0 Å². The van der Waals surface area contributed by atoms with Gasteiger partial charge in [-0.3, -0.25) is 4.79 Å². The zero-order valence-electron chi connectivity index (χ0n) is 15.4. The van der Waals surface area contributed by atoms with Gasteiger partial charge in [-0.1, -0.05) is 6.92 Å². The van der Waals surface area contributed by atoms with Crippen LogP contribution in [0.1, 0.15) is 58.3 Å². The second-order valence-corrected chi connectivity index (χ2v) is 9.99. The fourth-order valence-corrected chi connectivity index (χ4v) is 6.07. The molecular formula is C18H32N2O4S. The third-order valence-electron chi connectivity index (χ3n) is 6.01. The van der Waals surface area contributed by atoms with Crippen molar-refractivity contribution < 1.29 is 17.9 Å². The number of rotatable bonds is 5. The normalized spacial score (nSPS) is 27.7. The second-order valence-electron chi connectivity index (χ2n) is 7.90. The summed E-state index contributed by atoms with van der Waals surface area (Å²) >= 11 is 0. The maximum absolute atomic E-state index is 12.4. The van der Waals surface area contributed by atoms with Gasteiger partial charge in [0.25, 0.3) is 0 Å². The predicted octanol–water partition coefficient (Wildman–Crippen LogP) is 2.00. The van der Waals surface area contributed by atoms with Gasteiger partial charge >= 0.3 is 0 Å². The number of carbonyl (C=O) groups excluding carboxylic acids is 1. The van der Waals surface area contributed by atoms with Gasteiger partial charge in [0.15, 0.2) is 0 Å². The number of sulfonamides is 1. The fraction of sp³-hybridized carbons (Fsp3) is 0.944. The van der Waals surface area contributed by atoms with Crippen LogP contribution < -0.4 is 0 Å². The van der Waals surface area contributed by atoms with Crippen molar-refractivity contribution in [1.29, 1.82) is 0 Å². The smallest absolute Gasteiger partial charge is 0.222 e. The Balaban J connectivity index is 1.54. The first-order valence-electron chi connectivity index (χ1n) is 9.84. The van der Waals surface area contributed by atoms with E-state index in [2.05, 4.69) is 0 Å². The molecule has 3 aliphatic rings. The molecule has 1 unspecified atom stereocenters. The number of hydrogen-bond donors (Lipinski definition) is 0. The molecule has 0 bridgehead atoms. The van der Waals surface area contributed by atoms with Crippen LogP contribution in [0.2, 0.25) is 0 Å². The number of amides is 1. The summed E-state index contributed by atoms with van der Waals surface area (Å²) < 4.78 is 32.2. The molecule has 1 amide bonds. The highest BCUT2D eigenvalue weighted by Crippen LogP contribution is 2.39. The molecule has 0 aromatic rings. The highest BCUT2D eigenvalue weighted by Gasteiger charge is 2.42. The molecule has 3 rings (SSSR count). The summed E-state index contributed by atoms with van der Waals surface area (Å²) in [5.74, 6) is 0.900. The van der Waals surface area contributed by atoms with E-state index in [9.17, 15) is 13.2 Å². The number of ether oxygens (including phenoxy) is 1. The van der Waals surface area contributed by atoms with Gasteiger partial charge in [0.1, 0.15) is 0 Å². The largest absolute Gasteiger partial charge is 0.375 e. The van der Waals surface area contributed by atoms with Crippen LogP contribution in [0.5, 0.6) is 0 Å². The standard InChI is InChI=1S/C18H32N2O4S/c1-2-13-25(22,23)20-10-6-18(7-11-20)15-16(5-12-24-18)14-17(21)19-8-3-4-9-19/h16H,2-15H2,1H3. The molecule has 25 heavy (non-hydrogen) atoms. The molecule has 1 spiro atoms. The highest BCUT2D eigenvalue weighted by atomic mass is 32.2. The summed E-state index contributed by atoms with van der Waals surface area (Å²) in [6, 6.07) is 0. The highest BCUT2D eigenvalue weighted by molar-refractivity contribution is 7.89. The van der Waals surface area contributed by atoms with Crippen molar-refractivity contribution in [2.45, 2.75) is 63.9 Å². The topological polar surface area (TPSA) is 66.9 Å². The SMILES string of the molecule is CCCS(=O)(=O)N1CCC2(CC1)CC(CC(=O)N1CCCC1)CCO2. The zero-order valence-corrected chi connectivity index (χ0v) is 16.2. The minimum Gasteiger partial charge on any atom is -0.375 e. The van der Waals surface area contributed by atoms with E-state index in [0.717, 1.165) is 51.6 Å². The zero-order chi connectivity index (χ0) is 17.9. The van der Waals surface area contributed by atoms with Crippen LogP contribution in [-0.4, -0.2) is 67.7 Å². The molecule has 0 saturated carbocycles. The van der Waals surface area contributed by atoms with Gasteiger partial charge in [0, 0.05) is 39.2 Å². The Kier molecular flexibility index (Phi) is 6.06. The van der Waals surface area contributed by atoms with Crippen LogP contribution in [0.3, 0.4) is 0 Å². The van der Waals surface area contributed by atoms with E-state index in [4.69, 9.17) is 4.74 Å². The molecule has 3 heterocycles. The van der Waals surface area contributed by atoms with Gasteiger partial charge in [-0.05, 0) is 50.9 Å². The van der Waals surface area contributed by atoms with Crippen molar-refractivity contribution >= 4 is 15.9 Å². The lowest BCUT2D eigenvalue weighted by Gasteiger charge is -2.46. The molecular weight excluding hydrogens is 340 g/mol. The Bertz CT molecular complexity index is 564. The molecule has 0 aromatic carbocycles. The van der Waals surface area contributed by atoms with E-state index in [1.807, 2.05) is 11.8 Å². The number of piperidine rings is 1. The van der Waals surface area contributed by atoms with Crippen LogP contribution in [0.25, 0.3) is 0 Å². The quantitative estimate of drug-likeness (QED) is 0.740. The Labute approximate surface area is 151 Å². The minimum atomic E-state index is -3.12. The summed E-state index contributed by atoms with van der Waals surface area (Å²) in [5, 5.41) is 0. The van der Waals surface area contributed by atoms with Crippen LogP contribution >= 0.6 is 0 Å². The molecule has 1 atom stereocenters. The van der Waals surface area contributed by atoms with Crippen molar-refractivity contribution in [3.05, 3.63) is 0 Å². The molecule has 0 aromatic heterocycles. The monoisotopic (exact) mass is 372 g/mol. The van der Waals surface area contributed by atoms with E-state index in [1.54, 1.807) is 4.31 Å². The molecule has 0 N–H and O–H groups in total. The molecule has 3 saturated heterocycles. The summed E-state index contributed by atoms with van der Waals surface area (Å²) in [4.78, 5) is 14.4. The molecule has 3 aliphatic heterocycles. The van der Waals surface area contributed by atoms with Crippen LogP contribution in [-0.2, 0) is 19.6 Å². The lowest BCUT2D eigenvalue weighted by atomic mass is 9.78. The maximum atomic E-state index is 12.4. The first-order valence-corrected chi connectivity index (χ1v) is 11.4. The van der Waals surface area contributed by atoms with Gasteiger partial charge in [-0.15, -0.1) is 0 Å². The molecule has 144 valence electrons. The van der Waals surface area contributed by atoms with E-state index in [-0.39, 0.29) is 11.4 Å². The number of carbonyl (C=O) groups is 1. The first kappa shape index (κ1) is 19.1. The Morgan fingerprint density at radius 1 is 1.16 bits per heavy atom. The molecule has 0 aliphatic carbocycles. The summed E-state index contributed by atoms with van der Waals surface area (Å²) in [6.45, 7) is 5.52. The second kappa shape index (κ2) is 7.92. The van der Waals surface area contributed by atoms with Crippen molar-refractivity contribution in [1.82, 2.24) is 9.21 Å². The van der Waals surface area contributed by atoms with Crippen molar-refractivity contribution in [2.24, 2.45) is 5.92 Å². The van der Waals surface area contributed by atoms with Crippen molar-refractivity contribution in [2.75, 3.05) is 38.5 Å². The molecule has 3 fully saturated rings. The van der Waals surface area contributed by atoms with Gasteiger partial charge < -0.3 is 9.64 Å². The molecule has 7 heteroatoms. The third kappa shape index (κ3) is 4.55. The first-order chi connectivity index (χ1) is 11.9. The lowest BCUT2D eigenvalue weighted by Crippen LogP contribution is -2.51. The summed E-state index contributed by atoms with van der Waals surface area (Å²) in [7, 11) is -3.12. The van der Waals surface area contributed by atoms with Gasteiger partial charge in [-0.25, -0.2) is 12.7 Å². The van der Waals surface area contributed by atoms with E-state index >= 15 is 0 Å². The number of hydrogen-bond acceptors (Lipinski definition) is 4.